The predicted octanol–water partition coefficient (Wildman–Crippen LogP) is 0.253. The van der Waals surface area contributed by atoms with Crippen molar-refractivity contribution in [3.05, 3.63) is 0 Å². The van der Waals surface area contributed by atoms with E-state index in [2.05, 4.69) is 11.2 Å². The maximum atomic E-state index is 11.0. The molecule has 0 fully saturated rings. The van der Waals surface area contributed by atoms with E-state index in [1.54, 1.807) is 0 Å². The van der Waals surface area contributed by atoms with Gasteiger partial charge < -0.3 is 11.1 Å². The molecule has 0 heterocycles. The second-order valence-electron chi connectivity index (χ2n) is 2.68. The summed E-state index contributed by atoms with van der Waals surface area (Å²) >= 11 is 0. The average Bonchev–Trinajstić information content (AvgIpc) is 2.10. The van der Waals surface area contributed by atoms with E-state index < -0.39 is 0 Å². The highest BCUT2D eigenvalue weighted by Crippen LogP contribution is 1.87. The number of amides is 1. The Kier molecular flexibility index (Phi) is 6.12. The van der Waals surface area contributed by atoms with E-state index in [1.807, 2.05) is 6.92 Å². The summed E-state index contributed by atoms with van der Waals surface area (Å²) in [4.78, 5) is 11.0. The highest BCUT2D eigenvalue weighted by molar-refractivity contribution is 5.76. The molecule has 1 amide bonds. The first kappa shape index (κ1) is 11.0. The van der Waals surface area contributed by atoms with E-state index in [0.717, 1.165) is 6.42 Å². The highest BCUT2D eigenvalue weighted by atomic mass is 16.1. The third kappa shape index (κ3) is 5.75. The van der Waals surface area contributed by atoms with Gasteiger partial charge in [0.1, 0.15) is 0 Å². The lowest BCUT2D eigenvalue weighted by molar-refractivity contribution is -0.121. The molecular formula is C9H16N2O. The molecule has 3 heteroatoms. The van der Waals surface area contributed by atoms with E-state index in [4.69, 9.17) is 12.2 Å². The molecule has 3 nitrogen and oxygen atoms in total. The minimum Gasteiger partial charge on any atom is -0.355 e. The lowest BCUT2D eigenvalue weighted by atomic mass is 10.2. The van der Waals surface area contributed by atoms with Crippen LogP contribution in [0.3, 0.4) is 0 Å². The van der Waals surface area contributed by atoms with Crippen LogP contribution in [0.1, 0.15) is 26.2 Å². The molecule has 0 aliphatic rings. The zero-order valence-electron chi connectivity index (χ0n) is 7.47. The maximum Gasteiger partial charge on any atom is 0.221 e. The minimum absolute atomic E-state index is 0.0168. The second-order valence-corrected chi connectivity index (χ2v) is 2.68. The standard InChI is InChI=1S/C9H16N2O/c1-3-5-6-9(12)11-7-8(10)4-2/h1,8H,4-7,10H2,2H3,(H,11,12). The lowest BCUT2D eigenvalue weighted by Crippen LogP contribution is -2.36. The molecule has 68 valence electrons. The Labute approximate surface area is 73.7 Å². The molecule has 0 saturated heterocycles. The number of hydrogen-bond donors (Lipinski definition) is 2. The topological polar surface area (TPSA) is 55.1 Å². The summed E-state index contributed by atoms with van der Waals surface area (Å²) < 4.78 is 0. The molecule has 12 heavy (non-hydrogen) atoms. The fourth-order valence-electron chi connectivity index (χ4n) is 0.663. The molecule has 0 aromatic rings. The predicted molar refractivity (Wildman–Crippen MR) is 49.3 cm³/mol. The van der Waals surface area contributed by atoms with Crippen LogP contribution in [0.25, 0.3) is 0 Å². The van der Waals surface area contributed by atoms with E-state index >= 15 is 0 Å². The number of rotatable bonds is 5. The quantitative estimate of drug-likeness (QED) is 0.578. The molecule has 0 saturated carbocycles. The molecule has 3 N–H and O–H groups in total. The Morgan fingerprint density at radius 1 is 1.75 bits per heavy atom. The molecule has 0 rings (SSSR count). The Morgan fingerprint density at radius 2 is 2.42 bits per heavy atom. The fraction of sp³-hybridized carbons (Fsp3) is 0.667. The Balaban J connectivity index is 3.38. The smallest absolute Gasteiger partial charge is 0.221 e. The van der Waals surface area contributed by atoms with E-state index in [-0.39, 0.29) is 11.9 Å². The summed E-state index contributed by atoms with van der Waals surface area (Å²) in [6.45, 7) is 2.53. The van der Waals surface area contributed by atoms with E-state index in [1.165, 1.54) is 0 Å². The molecule has 0 aliphatic heterocycles. The van der Waals surface area contributed by atoms with Crippen molar-refractivity contribution < 1.29 is 4.79 Å². The van der Waals surface area contributed by atoms with Gasteiger partial charge >= 0.3 is 0 Å². The minimum atomic E-state index is -0.0168. The first-order valence-corrected chi connectivity index (χ1v) is 4.16. The van der Waals surface area contributed by atoms with Crippen LogP contribution in [0.2, 0.25) is 0 Å². The SMILES string of the molecule is C#CCCC(=O)NCC(N)CC. The first-order valence-electron chi connectivity index (χ1n) is 4.16. The maximum absolute atomic E-state index is 11.0. The van der Waals surface area contributed by atoms with Gasteiger partial charge in [-0.25, -0.2) is 0 Å². The molecule has 0 bridgehead atoms. The van der Waals surface area contributed by atoms with Crippen molar-refractivity contribution in [1.29, 1.82) is 0 Å². The summed E-state index contributed by atoms with van der Waals surface area (Å²) in [6.07, 6.45) is 6.76. The van der Waals surface area contributed by atoms with Crippen molar-refractivity contribution in [2.45, 2.75) is 32.2 Å². The molecule has 1 atom stereocenters. The Bertz CT molecular complexity index is 172. The molecule has 1 unspecified atom stereocenters. The monoisotopic (exact) mass is 168 g/mol. The number of carbonyl (C=O) groups is 1. The van der Waals surface area contributed by atoms with Gasteiger partial charge in [-0.05, 0) is 6.42 Å². The van der Waals surface area contributed by atoms with Crippen molar-refractivity contribution in [1.82, 2.24) is 5.32 Å². The van der Waals surface area contributed by atoms with Crippen LogP contribution in [0, 0.1) is 12.3 Å². The van der Waals surface area contributed by atoms with Crippen LogP contribution in [-0.2, 0) is 4.79 Å². The first-order chi connectivity index (χ1) is 5.70. The zero-order valence-corrected chi connectivity index (χ0v) is 7.47. The van der Waals surface area contributed by atoms with Gasteiger partial charge in [-0.3, -0.25) is 4.79 Å². The van der Waals surface area contributed by atoms with Crippen LogP contribution < -0.4 is 11.1 Å². The molecular weight excluding hydrogens is 152 g/mol. The molecule has 0 radical (unpaired) electrons. The number of carbonyl (C=O) groups excluding carboxylic acids is 1. The van der Waals surface area contributed by atoms with Gasteiger partial charge in [0, 0.05) is 25.4 Å². The molecule has 0 aromatic carbocycles. The lowest BCUT2D eigenvalue weighted by Gasteiger charge is -2.09. The average molecular weight is 168 g/mol. The van der Waals surface area contributed by atoms with Gasteiger partial charge in [-0.2, -0.15) is 0 Å². The van der Waals surface area contributed by atoms with Gasteiger partial charge in [0.15, 0.2) is 0 Å². The second kappa shape index (κ2) is 6.68. The van der Waals surface area contributed by atoms with Crippen molar-refractivity contribution in [2.24, 2.45) is 5.73 Å². The third-order valence-corrected chi connectivity index (χ3v) is 1.58. The largest absolute Gasteiger partial charge is 0.355 e. The zero-order chi connectivity index (χ0) is 9.40. The summed E-state index contributed by atoms with van der Waals surface area (Å²) in [5, 5.41) is 2.71. The highest BCUT2D eigenvalue weighted by Gasteiger charge is 2.02. The van der Waals surface area contributed by atoms with Gasteiger partial charge in [0.05, 0.1) is 0 Å². The summed E-state index contributed by atoms with van der Waals surface area (Å²) in [5.74, 6) is 2.39. The molecule has 0 spiro atoms. The normalized spacial score (nSPS) is 11.8. The van der Waals surface area contributed by atoms with Crippen LogP contribution in [0.15, 0.2) is 0 Å². The van der Waals surface area contributed by atoms with Crippen molar-refractivity contribution in [3.63, 3.8) is 0 Å². The number of nitrogens with one attached hydrogen (secondary N) is 1. The van der Waals surface area contributed by atoms with Gasteiger partial charge in [-0.15, -0.1) is 12.3 Å². The van der Waals surface area contributed by atoms with Crippen LogP contribution in [0.5, 0.6) is 0 Å². The Hall–Kier alpha value is -1.01. The number of hydrogen-bond acceptors (Lipinski definition) is 2. The Morgan fingerprint density at radius 3 is 2.92 bits per heavy atom. The summed E-state index contributed by atoms with van der Waals surface area (Å²) in [7, 11) is 0. The third-order valence-electron chi connectivity index (χ3n) is 1.58. The summed E-state index contributed by atoms with van der Waals surface area (Å²) in [5.41, 5.74) is 5.59. The van der Waals surface area contributed by atoms with Crippen molar-refractivity contribution in [3.8, 4) is 12.3 Å². The van der Waals surface area contributed by atoms with Crippen molar-refractivity contribution in [2.75, 3.05) is 6.54 Å². The molecule has 0 aromatic heterocycles. The van der Waals surface area contributed by atoms with E-state index in [9.17, 15) is 4.79 Å². The van der Waals surface area contributed by atoms with Gasteiger partial charge in [0.2, 0.25) is 5.91 Å². The number of nitrogens with two attached hydrogens (primary N) is 1. The van der Waals surface area contributed by atoms with Crippen molar-refractivity contribution >= 4 is 5.91 Å². The van der Waals surface area contributed by atoms with E-state index in [0.29, 0.717) is 19.4 Å². The number of terminal acetylenes is 1. The van der Waals surface area contributed by atoms with Gasteiger partial charge in [-0.1, -0.05) is 6.92 Å². The van der Waals surface area contributed by atoms with Crippen LogP contribution >= 0.6 is 0 Å². The van der Waals surface area contributed by atoms with Crippen LogP contribution in [0.4, 0.5) is 0 Å². The van der Waals surface area contributed by atoms with Gasteiger partial charge in [0.25, 0.3) is 0 Å². The molecule has 0 aliphatic carbocycles. The fourth-order valence-corrected chi connectivity index (χ4v) is 0.663. The van der Waals surface area contributed by atoms with Crippen LogP contribution in [-0.4, -0.2) is 18.5 Å². The summed E-state index contributed by atoms with van der Waals surface area (Å²) in [6, 6.07) is 0.0554.